The number of aryl methyl sites for hydroxylation is 1. The fraction of sp³-hybridized carbons (Fsp3) is 0.714. The molecule has 0 amide bonds. The Hall–Kier alpha value is -1.32. The molecule has 18 heavy (non-hydrogen) atoms. The Labute approximate surface area is 109 Å². The molecule has 1 saturated carbocycles. The highest BCUT2D eigenvalue weighted by molar-refractivity contribution is 5.39. The SMILES string of the molecule is CCc1nc(NC2CCCCCC2)cc(OC)n1. The number of hydrogen-bond donors (Lipinski definition) is 1. The van der Waals surface area contributed by atoms with Crippen molar-refractivity contribution in [3.05, 3.63) is 11.9 Å². The summed E-state index contributed by atoms with van der Waals surface area (Å²) >= 11 is 0. The minimum absolute atomic E-state index is 0.553. The lowest BCUT2D eigenvalue weighted by Crippen LogP contribution is -2.19. The molecule has 1 aromatic heterocycles. The fourth-order valence-electron chi connectivity index (χ4n) is 2.44. The number of nitrogens with one attached hydrogen (secondary N) is 1. The number of nitrogens with zero attached hydrogens (tertiary/aromatic N) is 2. The van der Waals surface area contributed by atoms with Crippen molar-refractivity contribution in [2.45, 2.75) is 57.9 Å². The molecule has 0 bridgehead atoms. The molecule has 0 radical (unpaired) electrons. The first kappa shape index (κ1) is 13.1. The largest absolute Gasteiger partial charge is 0.481 e. The molecule has 0 unspecified atom stereocenters. The van der Waals surface area contributed by atoms with Gasteiger partial charge in [-0.05, 0) is 12.8 Å². The van der Waals surface area contributed by atoms with Crippen LogP contribution in [0.25, 0.3) is 0 Å². The van der Waals surface area contributed by atoms with Crippen LogP contribution >= 0.6 is 0 Å². The van der Waals surface area contributed by atoms with E-state index in [0.717, 1.165) is 18.1 Å². The van der Waals surface area contributed by atoms with Crippen LogP contribution in [0.4, 0.5) is 5.82 Å². The molecule has 0 saturated heterocycles. The lowest BCUT2D eigenvalue weighted by atomic mass is 10.1. The quantitative estimate of drug-likeness (QED) is 0.832. The summed E-state index contributed by atoms with van der Waals surface area (Å²) in [5, 5.41) is 3.54. The Morgan fingerprint density at radius 1 is 1.22 bits per heavy atom. The third-order valence-corrected chi connectivity index (χ3v) is 3.48. The predicted octanol–water partition coefficient (Wildman–Crippen LogP) is 3.18. The van der Waals surface area contributed by atoms with Crippen molar-refractivity contribution in [3.8, 4) is 5.88 Å². The highest BCUT2D eigenvalue weighted by atomic mass is 16.5. The van der Waals surface area contributed by atoms with E-state index in [1.807, 2.05) is 6.07 Å². The van der Waals surface area contributed by atoms with Crippen LogP contribution in [0.5, 0.6) is 5.88 Å². The maximum atomic E-state index is 5.22. The van der Waals surface area contributed by atoms with Crippen LogP contribution in [0.1, 0.15) is 51.3 Å². The van der Waals surface area contributed by atoms with Gasteiger partial charge in [0.15, 0.2) is 0 Å². The molecule has 1 aliphatic rings. The van der Waals surface area contributed by atoms with E-state index in [2.05, 4.69) is 22.2 Å². The van der Waals surface area contributed by atoms with Crippen molar-refractivity contribution in [2.24, 2.45) is 0 Å². The van der Waals surface area contributed by atoms with Gasteiger partial charge in [0.05, 0.1) is 7.11 Å². The molecule has 2 rings (SSSR count). The summed E-state index contributed by atoms with van der Waals surface area (Å²) in [5.74, 6) is 2.40. The van der Waals surface area contributed by atoms with Gasteiger partial charge in [-0.3, -0.25) is 0 Å². The number of methoxy groups -OCH3 is 1. The van der Waals surface area contributed by atoms with Gasteiger partial charge < -0.3 is 10.1 Å². The molecule has 1 aromatic rings. The van der Waals surface area contributed by atoms with E-state index < -0.39 is 0 Å². The lowest BCUT2D eigenvalue weighted by molar-refractivity contribution is 0.395. The zero-order valence-electron chi connectivity index (χ0n) is 11.4. The first-order chi connectivity index (χ1) is 8.81. The first-order valence-corrected chi connectivity index (χ1v) is 7.00. The van der Waals surface area contributed by atoms with Crippen LogP contribution in [-0.4, -0.2) is 23.1 Å². The van der Waals surface area contributed by atoms with Crippen LogP contribution in [0.3, 0.4) is 0 Å². The molecular weight excluding hydrogens is 226 g/mol. The maximum absolute atomic E-state index is 5.22. The number of aromatic nitrogens is 2. The van der Waals surface area contributed by atoms with Crippen LogP contribution in [0, 0.1) is 0 Å². The summed E-state index contributed by atoms with van der Waals surface area (Å²) in [4.78, 5) is 8.83. The smallest absolute Gasteiger partial charge is 0.218 e. The summed E-state index contributed by atoms with van der Waals surface area (Å²) in [7, 11) is 1.65. The van der Waals surface area contributed by atoms with E-state index in [-0.39, 0.29) is 0 Å². The van der Waals surface area contributed by atoms with E-state index in [1.165, 1.54) is 38.5 Å². The molecule has 1 aliphatic carbocycles. The van der Waals surface area contributed by atoms with Crippen molar-refractivity contribution in [1.82, 2.24) is 9.97 Å². The van der Waals surface area contributed by atoms with Crippen LogP contribution < -0.4 is 10.1 Å². The molecule has 0 atom stereocenters. The Bertz CT molecular complexity index is 351. The van der Waals surface area contributed by atoms with E-state index >= 15 is 0 Å². The second-order valence-corrected chi connectivity index (χ2v) is 4.90. The average molecular weight is 249 g/mol. The number of ether oxygens (including phenoxy) is 1. The van der Waals surface area contributed by atoms with E-state index in [4.69, 9.17) is 4.74 Å². The number of hydrogen-bond acceptors (Lipinski definition) is 4. The van der Waals surface area contributed by atoms with Crippen LogP contribution in [0.2, 0.25) is 0 Å². The van der Waals surface area contributed by atoms with Crippen LogP contribution in [-0.2, 0) is 6.42 Å². The van der Waals surface area contributed by atoms with Gasteiger partial charge in [0, 0.05) is 18.5 Å². The summed E-state index contributed by atoms with van der Waals surface area (Å²) in [6.45, 7) is 2.06. The van der Waals surface area contributed by atoms with Crippen molar-refractivity contribution in [1.29, 1.82) is 0 Å². The zero-order chi connectivity index (χ0) is 12.8. The van der Waals surface area contributed by atoms with Crippen molar-refractivity contribution in [2.75, 3.05) is 12.4 Å². The highest BCUT2D eigenvalue weighted by Crippen LogP contribution is 2.21. The second kappa shape index (κ2) is 6.57. The Morgan fingerprint density at radius 2 is 1.94 bits per heavy atom. The van der Waals surface area contributed by atoms with E-state index in [9.17, 15) is 0 Å². The standard InChI is InChI=1S/C14H23N3O/c1-3-12-16-13(10-14(17-12)18-2)15-11-8-6-4-5-7-9-11/h10-11H,3-9H2,1-2H3,(H,15,16,17). The van der Waals surface area contributed by atoms with Crippen molar-refractivity contribution < 1.29 is 4.74 Å². The summed E-state index contributed by atoms with van der Waals surface area (Å²) in [6.07, 6.45) is 8.69. The molecule has 1 heterocycles. The van der Waals surface area contributed by atoms with Gasteiger partial charge in [-0.2, -0.15) is 4.98 Å². The molecule has 1 N–H and O–H groups in total. The summed E-state index contributed by atoms with van der Waals surface area (Å²) in [5.41, 5.74) is 0. The van der Waals surface area contributed by atoms with Gasteiger partial charge in [-0.1, -0.05) is 32.6 Å². The van der Waals surface area contributed by atoms with Gasteiger partial charge in [-0.15, -0.1) is 0 Å². The highest BCUT2D eigenvalue weighted by Gasteiger charge is 2.13. The molecule has 100 valence electrons. The van der Waals surface area contributed by atoms with Gasteiger partial charge in [0.2, 0.25) is 5.88 Å². The fourth-order valence-corrected chi connectivity index (χ4v) is 2.44. The normalized spacial score (nSPS) is 17.2. The third kappa shape index (κ3) is 3.59. The summed E-state index contributed by atoms with van der Waals surface area (Å²) in [6, 6.07) is 2.45. The number of anilines is 1. The predicted molar refractivity (Wildman–Crippen MR) is 73.1 cm³/mol. The van der Waals surface area contributed by atoms with Crippen molar-refractivity contribution >= 4 is 5.82 Å². The lowest BCUT2D eigenvalue weighted by Gasteiger charge is -2.17. The minimum Gasteiger partial charge on any atom is -0.481 e. The maximum Gasteiger partial charge on any atom is 0.218 e. The van der Waals surface area contributed by atoms with E-state index in [1.54, 1.807) is 7.11 Å². The monoisotopic (exact) mass is 249 g/mol. The molecule has 0 aromatic carbocycles. The second-order valence-electron chi connectivity index (χ2n) is 4.90. The minimum atomic E-state index is 0.553. The summed E-state index contributed by atoms with van der Waals surface area (Å²) < 4.78 is 5.22. The molecule has 0 spiro atoms. The van der Waals surface area contributed by atoms with Gasteiger partial charge in [0.1, 0.15) is 11.6 Å². The third-order valence-electron chi connectivity index (χ3n) is 3.48. The molecule has 0 aliphatic heterocycles. The molecule has 4 heteroatoms. The first-order valence-electron chi connectivity index (χ1n) is 7.00. The Morgan fingerprint density at radius 3 is 2.56 bits per heavy atom. The Kier molecular flexibility index (Phi) is 4.79. The Balaban J connectivity index is 2.06. The van der Waals surface area contributed by atoms with Crippen LogP contribution in [0.15, 0.2) is 6.07 Å². The van der Waals surface area contributed by atoms with Gasteiger partial charge in [-0.25, -0.2) is 4.98 Å². The number of rotatable bonds is 4. The molecule has 4 nitrogen and oxygen atoms in total. The molecular formula is C14H23N3O. The van der Waals surface area contributed by atoms with Gasteiger partial charge in [0.25, 0.3) is 0 Å². The topological polar surface area (TPSA) is 47.0 Å². The zero-order valence-corrected chi connectivity index (χ0v) is 11.4. The van der Waals surface area contributed by atoms with Gasteiger partial charge >= 0.3 is 0 Å². The average Bonchev–Trinajstić information content (AvgIpc) is 2.67. The van der Waals surface area contributed by atoms with Crippen molar-refractivity contribution in [3.63, 3.8) is 0 Å². The van der Waals surface area contributed by atoms with E-state index in [0.29, 0.717) is 11.9 Å². The molecule has 1 fully saturated rings.